The largest absolute Gasteiger partial charge is 0.452 e. The summed E-state index contributed by atoms with van der Waals surface area (Å²) in [5, 5.41) is 0. The monoisotopic (exact) mass is 261 g/mol. The smallest absolute Gasteiger partial charge is 0.306 e. The third kappa shape index (κ3) is 2.52. The van der Waals surface area contributed by atoms with E-state index in [0.717, 1.165) is 25.1 Å². The average molecular weight is 261 g/mol. The zero-order valence-electron chi connectivity index (χ0n) is 12.1. The molecule has 19 heavy (non-hydrogen) atoms. The number of rotatable bonds is 4. The number of carbonyl (C=O) groups excluding carboxylic acids is 1. The topological polar surface area (TPSA) is 29.5 Å². The van der Waals surface area contributed by atoms with Gasteiger partial charge < -0.3 is 4.74 Å². The lowest BCUT2D eigenvalue weighted by molar-refractivity contribution is -0.163. The second-order valence-electron chi connectivity index (χ2n) is 5.14. The maximum absolute atomic E-state index is 11.8. The summed E-state index contributed by atoms with van der Waals surface area (Å²) in [6.07, 6.45) is 1.30. The van der Waals surface area contributed by atoms with Crippen molar-refractivity contribution in [2.24, 2.45) is 0 Å². The minimum Gasteiger partial charge on any atom is -0.452 e. The number of esters is 1. The molecule has 0 aliphatic carbocycles. The highest BCUT2D eigenvalue weighted by Gasteiger charge is 2.48. The molecule has 1 heterocycles. The Morgan fingerprint density at radius 3 is 2.58 bits per heavy atom. The Bertz CT molecular complexity index is 432. The first kappa shape index (κ1) is 14.1. The molecule has 3 heteroatoms. The molecule has 3 nitrogen and oxygen atoms in total. The van der Waals surface area contributed by atoms with Crippen LogP contribution in [0, 0.1) is 0 Å². The fraction of sp³-hybridized carbons (Fsp3) is 0.562. The van der Waals surface area contributed by atoms with Gasteiger partial charge in [0.2, 0.25) is 0 Å². The van der Waals surface area contributed by atoms with E-state index >= 15 is 0 Å². The highest BCUT2D eigenvalue weighted by atomic mass is 16.6. The van der Waals surface area contributed by atoms with E-state index in [0.29, 0.717) is 6.42 Å². The number of carbonyl (C=O) groups is 1. The highest BCUT2D eigenvalue weighted by molar-refractivity contribution is 5.70. The van der Waals surface area contributed by atoms with Crippen molar-refractivity contribution in [1.29, 1.82) is 0 Å². The molecule has 2 atom stereocenters. The summed E-state index contributed by atoms with van der Waals surface area (Å²) in [4.78, 5) is 14.2. The number of nitrogens with zero attached hydrogens (tertiary/aromatic N) is 1. The quantitative estimate of drug-likeness (QED) is 0.780. The summed E-state index contributed by atoms with van der Waals surface area (Å²) < 4.78 is 5.90. The number of hydrogen-bond donors (Lipinski definition) is 0. The van der Waals surface area contributed by atoms with Gasteiger partial charge in [0, 0.05) is 19.4 Å². The van der Waals surface area contributed by atoms with E-state index in [1.165, 1.54) is 0 Å². The molecule has 0 saturated carbocycles. The van der Waals surface area contributed by atoms with Crippen LogP contribution in [-0.4, -0.2) is 30.0 Å². The molecule has 1 aromatic carbocycles. The highest BCUT2D eigenvalue weighted by Crippen LogP contribution is 2.41. The van der Waals surface area contributed by atoms with E-state index in [-0.39, 0.29) is 12.0 Å². The average Bonchev–Trinajstić information content (AvgIpc) is 2.77. The molecule has 0 spiro atoms. The fourth-order valence-electron chi connectivity index (χ4n) is 3.02. The number of benzene rings is 1. The minimum atomic E-state index is -0.482. The van der Waals surface area contributed by atoms with E-state index in [4.69, 9.17) is 4.74 Å². The Kier molecular flexibility index (Phi) is 4.25. The predicted molar refractivity (Wildman–Crippen MR) is 75.8 cm³/mol. The van der Waals surface area contributed by atoms with E-state index in [1.54, 1.807) is 0 Å². The zero-order valence-corrected chi connectivity index (χ0v) is 12.1. The van der Waals surface area contributed by atoms with E-state index in [2.05, 4.69) is 30.9 Å². The molecule has 1 aromatic rings. The van der Waals surface area contributed by atoms with Crippen molar-refractivity contribution in [2.45, 2.75) is 45.3 Å². The standard InChI is InChI=1S/C16H23NO2/c1-4-15(18)19-16(14-9-7-6-8-10-14)11-12-17(5-2)13(16)3/h6-10,13H,4-5,11-12H2,1-3H3/t13-,16-/m1/s1. The van der Waals surface area contributed by atoms with Gasteiger partial charge in [-0.15, -0.1) is 0 Å². The Balaban J connectivity index is 2.37. The SMILES string of the molecule is CCC(=O)O[C@]1(c2ccccc2)CCN(CC)[C@@H]1C. The maximum atomic E-state index is 11.8. The Morgan fingerprint density at radius 1 is 1.37 bits per heavy atom. The Labute approximate surface area is 115 Å². The van der Waals surface area contributed by atoms with Crippen LogP contribution in [0.5, 0.6) is 0 Å². The molecule has 0 amide bonds. The lowest BCUT2D eigenvalue weighted by Crippen LogP contribution is -2.43. The van der Waals surface area contributed by atoms with Crippen LogP contribution < -0.4 is 0 Å². The summed E-state index contributed by atoms with van der Waals surface area (Å²) in [5.74, 6) is -0.117. The molecule has 0 radical (unpaired) electrons. The van der Waals surface area contributed by atoms with Crippen molar-refractivity contribution in [2.75, 3.05) is 13.1 Å². The third-order valence-electron chi connectivity index (χ3n) is 4.25. The minimum absolute atomic E-state index is 0.117. The van der Waals surface area contributed by atoms with Gasteiger partial charge in [0.25, 0.3) is 0 Å². The molecule has 2 rings (SSSR count). The van der Waals surface area contributed by atoms with Crippen molar-refractivity contribution in [3.8, 4) is 0 Å². The van der Waals surface area contributed by atoms with Crippen molar-refractivity contribution < 1.29 is 9.53 Å². The molecular formula is C16H23NO2. The first-order valence-electron chi connectivity index (χ1n) is 7.15. The summed E-state index contributed by atoms with van der Waals surface area (Å²) in [7, 11) is 0. The van der Waals surface area contributed by atoms with Gasteiger partial charge in [0.15, 0.2) is 5.60 Å². The lowest BCUT2D eigenvalue weighted by atomic mass is 9.87. The van der Waals surface area contributed by atoms with Gasteiger partial charge in [0.1, 0.15) is 0 Å². The third-order valence-corrected chi connectivity index (χ3v) is 4.25. The van der Waals surface area contributed by atoms with E-state index in [1.807, 2.05) is 25.1 Å². The predicted octanol–water partition coefficient (Wildman–Crippen LogP) is 2.95. The second kappa shape index (κ2) is 5.74. The molecule has 1 fully saturated rings. The second-order valence-corrected chi connectivity index (χ2v) is 5.14. The van der Waals surface area contributed by atoms with Crippen LogP contribution >= 0.6 is 0 Å². The first-order chi connectivity index (χ1) is 9.14. The molecule has 0 aromatic heterocycles. The number of likely N-dealkylation sites (N-methyl/N-ethyl adjacent to an activating group) is 1. The maximum Gasteiger partial charge on any atom is 0.306 e. The Hall–Kier alpha value is -1.35. The fourth-order valence-corrected chi connectivity index (χ4v) is 3.02. The summed E-state index contributed by atoms with van der Waals surface area (Å²) in [6, 6.07) is 10.4. The molecule has 0 N–H and O–H groups in total. The van der Waals surface area contributed by atoms with Crippen molar-refractivity contribution in [3.63, 3.8) is 0 Å². The molecule has 1 aliphatic heterocycles. The zero-order chi connectivity index (χ0) is 13.9. The molecule has 0 unspecified atom stereocenters. The van der Waals surface area contributed by atoms with Crippen LogP contribution in [0.1, 0.15) is 39.2 Å². The molecule has 1 saturated heterocycles. The van der Waals surface area contributed by atoms with E-state index < -0.39 is 5.60 Å². The van der Waals surface area contributed by atoms with Gasteiger partial charge in [-0.05, 0) is 19.0 Å². The molecule has 0 bridgehead atoms. The van der Waals surface area contributed by atoms with Crippen LogP contribution in [0.4, 0.5) is 0 Å². The lowest BCUT2D eigenvalue weighted by Gasteiger charge is -2.36. The number of hydrogen-bond acceptors (Lipinski definition) is 3. The van der Waals surface area contributed by atoms with Crippen molar-refractivity contribution in [1.82, 2.24) is 4.90 Å². The van der Waals surface area contributed by atoms with Crippen LogP contribution in [0.15, 0.2) is 30.3 Å². The number of likely N-dealkylation sites (tertiary alicyclic amines) is 1. The normalized spacial score (nSPS) is 27.4. The summed E-state index contributed by atoms with van der Waals surface area (Å²) in [5.41, 5.74) is 0.630. The van der Waals surface area contributed by atoms with Gasteiger partial charge in [-0.3, -0.25) is 9.69 Å². The molecular weight excluding hydrogens is 238 g/mol. The first-order valence-corrected chi connectivity index (χ1v) is 7.15. The van der Waals surface area contributed by atoms with Gasteiger partial charge in [-0.1, -0.05) is 44.2 Å². The van der Waals surface area contributed by atoms with Gasteiger partial charge in [-0.25, -0.2) is 0 Å². The van der Waals surface area contributed by atoms with Crippen molar-refractivity contribution in [3.05, 3.63) is 35.9 Å². The van der Waals surface area contributed by atoms with Gasteiger partial charge in [0.05, 0.1) is 6.04 Å². The van der Waals surface area contributed by atoms with Crippen LogP contribution in [0.25, 0.3) is 0 Å². The molecule has 104 valence electrons. The summed E-state index contributed by atoms with van der Waals surface area (Å²) in [6.45, 7) is 8.12. The van der Waals surface area contributed by atoms with Gasteiger partial charge in [-0.2, -0.15) is 0 Å². The number of ether oxygens (including phenoxy) is 1. The molecule has 1 aliphatic rings. The van der Waals surface area contributed by atoms with Crippen LogP contribution in [-0.2, 0) is 15.1 Å². The van der Waals surface area contributed by atoms with Crippen LogP contribution in [0.3, 0.4) is 0 Å². The van der Waals surface area contributed by atoms with Crippen LogP contribution in [0.2, 0.25) is 0 Å². The van der Waals surface area contributed by atoms with E-state index in [9.17, 15) is 4.79 Å². The van der Waals surface area contributed by atoms with Gasteiger partial charge >= 0.3 is 5.97 Å². The van der Waals surface area contributed by atoms with Crippen molar-refractivity contribution >= 4 is 5.97 Å². The Morgan fingerprint density at radius 2 is 2.05 bits per heavy atom. The summed E-state index contributed by atoms with van der Waals surface area (Å²) >= 11 is 0.